The topological polar surface area (TPSA) is 58.4 Å². The molecule has 3 atom stereocenters. The highest BCUT2D eigenvalue weighted by atomic mass is 16.2. The number of carbonyl (C=O) groups excluding carboxylic acids is 1. The molecule has 1 heterocycles. The number of likely N-dealkylation sites (tertiary alicyclic amines) is 1. The molecular weight excluding hydrogens is 226 g/mol. The molecule has 106 valence electrons. The lowest BCUT2D eigenvalue weighted by atomic mass is 10.1. The van der Waals surface area contributed by atoms with Crippen LogP contribution in [0.5, 0.6) is 0 Å². The molecule has 1 amide bonds. The molecule has 0 aromatic rings. The van der Waals surface area contributed by atoms with Gasteiger partial charge in [0.05, 0.1) is 6.04 Å². The first kappa shape index (κ1) is 15.4. The van der Waals surface area contributed by atoms with Crippen LogP contribution in [0.25, 0.3) is 0 Å². The van der Waals surface area contributed by atoms with Crippen molar-refractivity contribution in [1.29, 1.82) is 0 Å². The second-order valence-electron chi connectivity index (χ2n) is 6.03. The van der Waals surface area contributed by atoms with Gasteiger partial charge in [-0.15, -0.1) is 0 Å². The van der Waals surface area contributed by atoms with E-state index in [4.69, 9.17) is 5.73 Å². The van der Waals surface area contributed by atoms with E-state index in [2.05, 4.69) is 31.0 Å². The number of hydrogen-bond acceptors (Lipinski definition) is 3. The molecule has 1 aliphatic rings. The summed E-state index contributed by atoms with van der Waals surface area (Å²) in [4.78, 5) is 14.3. The first-order valence-corrected chi connectivity index (χ1v) is 7.19. The normalized spacial score (nSPS) is 26.6. The largest absolute Gasteiger partial charge is 0.355 e. The summed E-state index contributed by atoms with van der Waals surface area (Å²) in [5.74, 6) is 1.33. The molecule has 4 heteroatoms. The molecule has 3 N–H and O–H groups in total. The number of hydrogen-bond donors (Lipinski definition) is 2. The van der Waals surface area contributed by atoms with Crippen molar-refractivity contribution >= 4 is 5.91 Å². The van der Waals surface area contributed by atoms with Crippen LogP contribution in [-0.2, 0) is 4.79 Å². The molecule has 18 heavy (non-hydrogen) atoms. The Morgan fingerprint density at radius 1 is 1.44 bits per heavy atom. The van der Waals surface area contributed by atoms with Crippen molar-refractivity contribution in [3.63, 3.8) is 0 Å². The van der Waals surface area contributed by atoms with Gasteiger partial charge in [0.2, 0.25) is 5.91 Å². The molecule has 0 aromatic heterocycles. The minimum Gasteiger partial charge on any atom is -0.355 e. The number of amides is 1. The standard InChI is InChI=1S/C14H29N3O/c1-10(2)5-6-16-14(18)12(4)17-9-13(8-15)7-11(17)3/h10-13H,5-9,15H2,1-4H3,(H,16,18). The molecule has 0 spiro atoms. The van der Waals surface area contributed by atoms with E-state index < -0.39 is 0 Å². The fraction of sp³-hybridized carbons (Fsp3) is 0.929. The summed E-state index contributed by atoms with van der Waals surface area (Å²) in [7, 11) is 0. The fourth-order valence-electron chi connectivity index (χ4n) is 2.66. The lowest BCUT2D eigenvalue weighted by Gasteiger charge is -2.27. The zero-order valence-electron chi connectivity index (χ0n) is 12.3. The van der Waals surface area contributed by atoms with Gasteiger partial charge in [0.1, 0.15) is 0 Å². The van der Waals surface area contributed by atoms with Gasteiger partial charge in [-0.2, -0.15) is 0 Å². The van der Waals surface area contributed by atoms with Crippen molar-refractivity contribution in [3.8, 4) is 0 Å². The second-order valence-corrected chi connectivity index (χ2v) is 6.03. The highest BCUT2D eigenvalue weighted by molar-refractivity contribution is 5.81. The Balaban J connectivity index is 2.39. The van der Waals surface area contributed by atoms with Gasteiger partial charge in [-0.3, -0.25) is 9.69 Å². The molecule has 1 rings (SSSR count). The van der Waals surface area contributed by atoms with Crippen LogP contribution in [0.1, 0.15) is 40.5 Å². The summed E-state index contributed by atoms with van der Waals surface area (Å²) < 4.78 is 0. The second kappa shape index (κ2) is 7.10. The Kier molecular flexibility index (Phi) is 6.09. The van der Waals surface area contributed by atoms with Gasteiger partial charge in [0.15, 0.2) is 0 Å². The molecule has 0 aliphatic carbocycles. The highest BCUT2D eigenvalue weighted by Crippen LogP contribution is 2.24. The molecule has 0 radical (unpaired) electrons. The Labute approximate surface area is 111 Å². The maximum atomic E-state index is 12.1. The summed E-state index contributed by atoms with van der Waals surface area (Å²) in [6.45, 7) is 11.0. The van der Waals surface area contributed by atoms with E-state index in [-0.39, 0.29) is 11.9 Å². The Hall–Kier alpha value is -0.610. The van der Waals surface area contributed by atoms with Gasteiger partial charge in [-0.1, -0.05) is 13.8 Å². The summed E-state index contributed by atoms with van der Waals surface area (Å²) in [5.41, 5.74) is 5.72. The number of nitrogens with zero attached hydrogens (tertiary/aromatic N) is 1. The molecule has 0 saturated carbocycles. The van der Waals surface area contributed by atoms with Crippen molar-refractivity contribution in [2.75, 3.05) is 19.6 Å². The van der Waals surface area contributed by atoms with E-state index in [1.807, 2.05) is 6.92 Å². The summed E-state index contributed by atoms with van der Waals surface area (Å²) in [5, 5.41) is 3.03. The van der Waals surface area contributed by atoms with Gasteiger partial charge in [-0.25, -0.2) is 0 Å². The van der Waals surface area contributed by atoms with Gasteiger partial charge in [0, 0.05) is 19.1 Å². The Morgan fingerprint density at radius 2 is 2.11 bits per heavy atom. The Morgan fingerprint density at radius 3 is 2.61 bits per heavy atom. The molecule has 1 saturated heterocycles. The molecular formula is C14H29N3O. The zero-order chi connectivity index (χ0) is 13.7. The third-order valence-corrected chi connectivity index (χ3v) is 3.94. The Bertz CT molecular complexity index is 268. The molecule has 1 aliphatic heterocycles. The molecule has 1 fully saturated rings. The summed E-state index contributed by atoms with van der Waals surface area (Å²) >= 11 is 0. The lowest BCUT2D eigenvalue weighted by molar-refractivity contribution is -0.126. The molecule has 3 unspecified atom stereocenters. The van der Waals surface area contributed by atoms with Crippen LogP contribution in [0.15, 0.2) is 0 Å². The van der Waals surface area contributed by atoms with Crippen LogP contribution in [0.3, 0.4) is 0 Å². The van der Waals surface area contributed by atoms with E-state index in [0.29, 0.717) is 17.9 Å². The van der Waals surface area contributed by atoms with E-state index in [1.165, 1.54) is 0 Å². The van der Waals surface area contributed by atoms with Crippen molar-refractivity contribution in [2.24, 2.45) is 17.6 Å². The smallest absolute Gasteiger partial charge is 0.237 e. The first-order valence-electron chi connectivity index (χ1n) is 7.19. The third-order valence-electron chi connectivity index (χ3n) is 3.94. The van der Waals surface area contributed by atoms with Crippen LogP contribution < -0.4 is 11.1 Å². The molecule has 0 aromatic carbocycles. The number of carbonyl (C=O) groups is 1. The van der Waals surface area contributed by atoms with Crippen LogP contribution in [0.2, 0.25) is 0 Å². The minimum absolute atomic E-state index is 0.0382. The van der Waals surface area contributed by atoms with Gasteiger partial charge in [0.25, 0.3) is 0 Å². The monoisotopic (exact) mass is 255 g/mol. The van der Waals surface area contributed by atoms with Crippen molar-refractivity contribution < 1.29 is 4.79 Å². The maximum Gasteiger partial charge on any atom is 0.237 e. The minimum atomic E-state index is -0.0382. The lowest BCUT2D eigenvalue weighted by Crippen LogP contribution is -2.47. The first-order chi connectivity index (χ1) is 8.45. The maximum absolute atomic E-state index is 12.1. The van der Waals surface area contributed by atoms with E-state index in [0.717, 1.165) is 32.5 Å². The number of nitrogens with two attached hydrogens (primary N) is 1. The number of nitrogens with one attached hydrogen (secondary N) is 1. The van der Waals surface area contributed by atoms with Crippen molar-refractivity contribution in [3.05, 3.63) is 0 Å². The SMILES string of the molecule is CC(C)CCNC(=O)C(C)N1CC(CN)CC1C. The van der Waals surface area contributed by atoms with Crippen molar-refractivity contribution in [2.45, 2.75) is 52.6 Å². The van der Waals surface area contributed by atoms with E-state index in [9.17, 15) is 4.79 Å². The van der Waals surface area contributed by atoms with Crippen molar-refractivity contribution in [1.82, 2.24) is 10.2 Å². The average molecular weight is 255 g/mol. The zero-order valence-corrected chi connectivity index (χ0v) is 12.3. The fourth-order valence-corrected chi connectivity index (χ4v) is 2.66. The highest BCUT2D eigenvalue weighted by Gasteiger charge is 2.33. The predicted molar refractivity (Wildman–Crippen MR) is 75.3 cm³/mol. The van der Waals surface area contributed by atoms with Gasteiger partial charge < -0.3 is 11.1 Å². The quantitative estimate of drug-likeness (QED) is 0.750. The van der Waals surface area contributed by atoms with Crippen LogP contribution in [0, 0.1) is 11.8 Å². The van der Waals surface area contributed by atoms with Crippen LogP contribution in [0.4, 0.5) is 0 Å². The van der Waals surface area contributed by atoms with E-state index in [1.54, 1.807) is 0 Å². The predicted octanol–water partition coefficient (Wildman–Crippen LogP) is 1.21. The molecule has 0 bridgehead atoms. The van der Waals surface area contributed by atoms with Gasteiger partial charge in [-0.05, 0) is 45.1 Å². The number of rotatable bonds is 6. The molecule has 4 nitrogen and oxygen atoms in total. The van der Waals surface area contributed by atoms with Gasteiger partial charge >= 0.3 is 0 Å². The van der Waals surface area contributed by atoms with E-state index >= 15 is 0 Å². The summed E-state index contributed by atoms with van der Waals surface area (Å²) in [6.07, 6.45) is 2.15. The third kappa shape index (κ3) is 4.25. The van der Waals surface area contributed by atoms with Crippen LogP contribution in [-0.4, -0.2) is 42.5 Å². The average Bonchev–Trinajstić information content (AvgIpc) is 2.69. The van der Waals surface area contributed by atoms with Crippen LogP contribution >= 0.6 is 0 Å². The summed E-state index contributed by atoms with van der Waals surface area (Å²) in [6, 6.07) is 0.424.